The number of hydrogen-bond donors (Lipinski definition) is 1. The summed E-state index contributed by atoms with van der Waals surface area (Å²) in [4.78, 5) is 0. The predicted octanol–water partition coefficient (Wildman–Crippen LogP) is 2.20. The second kappa shape index (κ2) is 4.11. The molecule has 0 saturated carbocycles. The van der Waals surface area contributed by atoms with Crippen molar-refractivity contribution in [2.24, 2.45) is 0 Å². The third-order valence-electron chi connectivity index (χ3n) is 2.41. The second-order valence-electron chi connectivity index (χ2n) is 3.65. The number of sulfonamides is 1. The van der Waals surface area contributed by atoms with Crippen molar-refractivity contribution in [1.29, 1.82) is 0 Å². The molecular formula is C11H9N3O2S2. The molecule has 3 aromatic rings. The summed E-state index contributed by atoms with van der Waals surface area (Å²) >= 11 is 1.19. The summed E-state index contributed by atoms with van der Waals surface area (Å²) < 4.78 is 28.5. The highest BCUT2D eigenvalue weighted by molar-refractivity contribution is 7.94. The maximum atomic E-state index is 12.0. The lowest BCUT2D eigenvalue weighted by Gasteiger charge is -2.06. The van der Waals surface area contributed by atoms with Gasteiger partial charge in [0.25, 0.3) is 10.0 Å². The molecule has 18 heavy (non-hydrogen) atoms. The largest absolute Gasteiger partial charge is 0.279 e. The molecule has 0 aliphatic heterocycles. The second-order valence-corrected chi connectivity index (χ2v) is 6.51. The Morgan fingerprint density at radius 3 is 2.94 bits per heavy atom. The first-order chi connectivity index (χ1) is 8.65. The van der Waals surface area contributed by atoms with Gasteiger partial charge in [-0.05, 0) is 29.6 Å². The summed E-state index contributed by atoms with van der Waals surface area (Å²) in [5.41, 5.74) is 1.36. The van der Waals surface area contributed by atoms with Gasteiger partial charge in [0, 0.05) is 12.4 Å². The molecule has 0 saturated heterocycles. The number of thiophene rings is 1. The van der Waals surface area contributed by atoms with Gasteiger partial charge in [0.05, 0.1) is 11.2 Å². The van der Waals surface area contributed by atoms with E-state index in [1.807, 2.05) is 6.07 Å². The number of anilines is 1. The van der Waals surface area contributed by atoms with Crippen LogP contribution >= 0.6 is 11.3 Å². The van der Waals surface area contributed by atoms with Gasteiger partial charge in [0.1, 0.15) is 4.21 Å². The smallest absolute Gasteiger partial charge is 0.271 e. The molecule has 0 spiro atoms. The molecule has 0 aliphatic rings. The number of rotatable bonds is 3. The molecule has 3 rings (SSSR count). The van der Waals surface area contributed by atoms with Gasteiger partial charge in [0.15, 0.2) is 0 Å². The fourth-order valence-electron chi connectivity index (χ4n) is 1.61. The first-order valence-electron chi connectivity index (χ1n) is 5.15. The van der Waals surface area contributed by atoms with Crippen molar-refractivity contribution >= 4 is 32.6 Å². The normalized spacial score (nSPS) is 11.8. The number of hydrogen-bond acceptors (Lipinski definition) is 4. The van der Waals surface area contributed by atoms with Crippen LogP contribution in [0.3, 0.4) is 0 Å². The summed E-state index contributed by atoms with van der Waals surface area (Å²) in [5.74, 6) is 0. The third-order valence-corrected chi connectivity index (χ3v) is 5.19. The van der Waals surface area contributed by atoms with E-state index in [4.69, 9.17) is 0 Å². The SMILES string of the molecule is O=S(=O)(Nc1ccn2nccc2c1)c1cccs1. The molecule has 0 bridgehead atoms. The van der Waals surface area contributed by atoms with Crippen molar-refractivity contribution in [2.75, 3.05) is 4.72 Å². The highest BCUT2D eigenvalue weighted by atomic mass is 32.2. The van der Waals surface area contributed by atoms with Gasteiger partial charge >= 0.3 is 0 Å². The summed E-state index contributed by atoms with van der Waals surface area (Å²) in [6.07, 6.45) is 3.37. The van der Waals surface area contributed by atoms with Gasteiger partial charge in [-0.25, -0.2) is 12.9 Å². The van der Waals surface area contributed by atoms with Crippen molar-refractivity contribution in [1.82, 2.24) is 9.61 Å². The van der Waals surface area contributed by atoms with Crippen LogP contribution in [-0.4, -0.2) is 18.0 Å². The Kier molecular flexibility index (Phi) is 2.57. The summed E-state index contributed by atoms with van der Waals surface area (Å²) in [6, 6.07) is 8.50. The molecule has 0 aromatic carbocycles. The molecule has 3 aromatic heterocycles. The Morgan fingerprint density at radius 1 is 1.28 bits per heavy atom. The summed E-state index contributed by atoms with van der Waals surface area (Å²) in [7, 11) is -3.48. The molecule has 5 nitrogen and oxygen atoms in total. The zero-order valence-corrected chi connectivity index (χ0v) is 10.8. The number of fused-ring (bicyclic) bond motifs is 1. The molecule has 0 atom stereocenters. The van der Waals surface area contributed by atoms with Gasteiger partial charge in [-0.1, -0.05) is 6.07 Å². The maximum Gasteiger partial charge on any atom is 0.271 e. The van der Waals surface area contributed by atoms with Crippen LogP contribution in [0.1, 0.15) is 0 Å². The highest BCUT2D eigenvalue weighted by Crippen LogP contribution is 2.20. The molecule has 92 valence electrons. The topological polar surface area (TPSA) is 63.5 Å². The van der Waals surface area contributed by atoms with E-state index in [0.29, 0.717) is 9.90 Å². The molecule has 3 heterocycles. The first kappa shape index (κ1) is 11.2. The number of pyridine rings is 1. The van der Waals surface area contributed by atoms with E-state index in [1.54, 1.807) is 46.6 Å². The van der Waals surface area contributed by atoms with Crippen LogP contribution in [0.5, 0.6) is 0 Å². The molecule has 1 N–H and O–H groups in total. The van der Waals surface area contributed by atoms with Crippen LogP contribution in [0.4, 0.5) is 5.69 Å². The van der Waals surface area contributed by atoms with Crippen LogP contribution in [0.2, 0.25) is 0 Å². The molecule has 0 radical (unpaired) electrons. The van der Waals surface area contributed by atoms with E-state index in [2.05, 4.69) is 9.82 Å². The Labute approximate surface area is 108 Å². The van der Waals surface area contributed by atoms with Crippen LogP contribution in [0.25, 0.3) is 5.52 Å². The molecule has 7 heteroatoms. The fourth-order valence-corrected chi connectivity index (χ4v) is 3.65. The van der Waals surface area contributed by atoms with E-state index < -0.39 is 10.0 Å². The average molecular weight is 279 g/mol. The molecule has 0 aliphatic carbocycles. The zero-order chi connectivity index (χ0) is 12.6. The minimum absolute atomic E-state index is 0.302. The predicted molar refractivity (Wildman–Crippen MR) is 70.3 cm³/mol. The van der Waals surface area contributed by atoms with Gasteiger partial charge in [-0.2, -0.15) is 5.10 Å². The number of nitrogens with zero attached hydrogens (tertiary/aromatic N) is 2. The summed E-state index contributed by atoms with van der Waals surface area (Å²) in [6.45, 7) is 0. The quantitative estimate of drug-likeness (QED) is 0.799. The van der Waals surface area contributed by atoms with Crippen molar-refractivity contribution < 1.29 is 8.42 Å². The van der Waals surface area contributed by atoms with E-state index in [0.717, 1.165) is 5.52 Å². The molecule has 0 amide bonds. The monoisotopic (exact) mass is 279 g/mol. The van der Waals surface area contributed by atoms with Crippen LogP contribution in [0, 0.1) is 0 Å². The lowest BCUT2D eigenvalue weighted by atomic mass is 10.4. The maximum absolute atomic E-state index is 12.0. The third kappa shape index (κ3) is 1.98. The summed E-state index contributed by atoms with van der Waals surface area (Å²) in [5, 5.41) is 5.78. The van der Waals surface area contributed by atoms with Crippen molar-refractivity contribution in [3.05, 3.63) is 48.1 Å². The Hall–Kier alpha value is -1.86. The van der Waals surface area contributed by atoms with Crippen molar-refractivity contribution in [3.63, 3.8) is 0 Å². The fraction of sp³-hybridized carbons (Fsp3) is 0. The van der Waals surface area contributed by atoms with Gasteiger partial charge in [-0.15, -0.1) is 11.3 Å². The van der Waals surface area contributed by atoms with Gasteiger partial charge < -0.3 is 0 Å². The average Bonchev–Trinajstić information content (AvgIpc) is 2.99. The van der Waals surface area contributed by atoms with E-state index >= 15 is 0 Å². The Morgan fingerprint density at radius 2 is 2.17 bits per heavy atom. The van der Waals surface area contributed by atoms with Crippen LogP contribution < -0.4 is 4.72 Å². The standard InChI is InChI=1S/C11H9N3O2S2/c15-18(16,11-2-1-7-17-11)13-9-4-6-14-10(8-9)3-5-12-14/h1-8,13H. The highest BCUT2D eigenvalue weighted by Gasteiger charge is 2.15. The zero-order valence-electron chi connectivity index (χ0n) is 9.15. The molecule has 0 fully saturated rings. The Bertz CT molecular complexity index is 776. The first-order valence-corrected chi connectivity index (χ1v) is 7.51. The van der Waals surface area contributed by atoms with Crippen LogP contribution in [-0.2, 0) is 10.0 Å². The van der Waals surface area contributed by atoms with Gasteiger partial charge in [-0.3, -0.25) is 4.72 Å². The Balaban J connectivity index is 1.97. The molecule has 0 unspecified atom stereocenters. The number of aromatic nitrogens is 2. The van der Waals surface area contributed by atoms with E-state index in [-0.39, 0.29) is 0 Å². The van der Waals surface area contributed by atoms with Crippen molar-refractivity contribution in [3.8, 4) is 0 Å². The van der Waals surface area contributed by atoms with Gasteiger partial charge in [0.2, 0.25) is 0 Å². The number of nitrogens with one attached hydrogen (secondary N) is 1. The minimum Gasteiger partial charge on any atom is -0.279 e. The molecular weight excluding hydrogens is 270 g/mol. The minimum atomic E-state index is -3.48. The van der Waals surface area contributed by atoms with Crippen molar-refractivity contribution in [2.45, 2.75) is 4.21 Å². The van der Waals surface area contributed by atoms with E-state index in [1.165, 1.54) is 11.3 Å². The van der Waals surface area contributed by atoms with Crippen LogP contribution in [0.15, 0.2) is 52.3 Å². The lowest BCUT2D eigenvalue weighted by molar-refractivity contribution is 0.603. The van der Waals surface area contributed by atoms with E-state index in [9.17, 15) is 8.42 Å². The lowest BCUT2D eigenvalue weighted by Crippen LogP contribution is -2.11.